The normalized spacial score (nSPS) is 12.0. The van der Waals surface area contributed by atoms with Gasteiger partial charge in [0, 0.05) is 24.4 Å². The van der Waals surface area contributed by atoms with Gasteiger partial charge in [0.25, 0.3) is 0 Å². The Kier molecular flexibility index (Phi) is 5.16. The molecule has 0 saturated heterocycles. The third-order valence-corrected chi connectivity index (χ3v) is 2.92. The molecule has 1 aromatic heterocycles. The summed E-state index contributed by atoms with van der Waals surface area (Å²) in [6.07, 6.45) is 0.563. The van der Waals surface area contributed by atoms with Crippen molar-refractivity contribution >= 4 is 17.5 Å². The van der Waals surface area contributed by atoms with Crippen LogP contribution in [0.15, 0.2) is 24.3 Å². The maximum absolute atomic E-state index is 10.9. The number of nitrogens with zero attached hydrogens (tertiary/aromatic N) is 2. The lowest BCUT2D eigenvalue weighted by Gasteiger charge is -2.09. The van der Waals surface area contributed by atoms with E-state index in [4.69, 9.17) is 16.3 Å². The molecule has 0 saturated carbocycles. The standard InChI is InChI=1S/C14H17ClN4O2/c1-9(16-10(2)20)6-13-17-14(19-18-13)8-21-12-5-3-4-11(15)7-12/h3-5,7,9H,6,8H2,1-2H3,(H,16,20)(H,17,18,19). The van der Waals surface area contributed by atoms with Gasteiger partial charge in [0.15, 0.2) is 11.6 Å². The van der Waals surface area contributed by atoms with Crippen molar-refractivity contribution < 1.29 is 9.53 Å². The number of halogens is 1. The van der Waals surface area contributed by atoms with Gasteiger partial charge in [-0.2, -0.15) is 5.10 Å². The molecular weight excluding hydrogens is 292 g/mol. The van der Waals surface area contributed by atoms with Crippen LogP contribution in [0.1, 0.15) is 25.5 Å². The number of hydrogen-bond acceptors (Lipinski definition) is 4. The lowest BCUT2D eigenvalue weighted by atomic mass is 10.2. The van der Waals surface area contributed by atoms with Crippen molar-refractivity contribution in [3.05, 3.63) is 40.9 Å². The van der Waals surface area contributed by atoms with Crippen LogP contribution < -0.4 is 10.1 Å². The van der Waals surface area contributed by atoms with E-state index in [1.54, 1.807) is 12.1 Å². The Bertz CT molecular complexity index is 615. The number of ether oxygens (including phenoxy) is 1. The van der Waals surface area contributed by atoms with Gasteiger partial charge in [0.2, 0.25) is 5.91 Å². The summed E-state index contributed by atoms with van der Waals surface area (Å²) < 4.78 is 5.57. The van der Waals surface area contributed by atoms with Crippen molar-refractivity contribution in [2.45, 2.75) is 32.9 Å². The molecule has 0 radical (unpaired) electrons. The van der Waals surface area contributed by atoms with E-state index in [1.807, 2.05) is 19.1 Å². The number of nitrogens with one attached hydrogen (secondary N) is 2. The maximum Gasteiger partial charge on any atom is 0.217 e. The molecule has 2 rings (SSSR count). The summed E-state index contributed by atoms with van der Waals surface area (Å²) >= 11 is 5.88. The first-order chi connectivity index (χ1) is 10.0. The molecule has 7 heteroatoms. The smallest absolute Gasteiger partial charge is 0.217 e. The maximum atomic E-state index is 10.9. The van der Waals surface area contributed by atoms with Crippen molar-refractivity contribution in [2.24, 2.45) is 0 Å². The number of aromatic nitrogens is 3. The highest BCUT2D eigenvalue weighted by Gasteiger charge is 2.10. The van der Waals surface area contributed by atoms with Gasteiger partial charge in [0.1, 0.15) is 12.4 Å². The zero-order chi connectivity index (χ0) is 15.2. The quantitative estimate of drug-likeness (QED) is 0.856. The summed E-state index contributed by atoms with van der Waals surface area (Å²) in [4.78, 5) is 15.3. The minimum Gasteiger partial charge on any atom is -0.486 e. The van der Waals surface area contributed by atoms with Crippen molar-refractivity contribution in [1.29, 1.82) is 0 Å². The summed E-state index contributed by atoms with van der Waals surface area (Å²) in [6, 6.07) is 7.14. The molecule has 1 unspecified atom stereocenters. The average Bonchev–Trinajstić information content (AvgIpc) is 2.83. The van der Waals surface area contributed by atoms with Crippen molar-refractivity contribution in [1.82, 2.24) is 20.5 Å². The molecule has 1 heterocycles. The fourth-order valence-electron chi connectivity index (χ4n) is 1.87. The molecule has 0 aliphatic rings. The predicted molar refractivity (Wildman–Crippen MR) is 79.1 cm³/mol. The summed E-state index contributed by atoms with van der Waals surface area (Å²) in [5.41, 5.74) is 0. The Balaban J connectivity index is 1.87. The number of rotatable bonds is 6. The van der Waals surface area contributed by atoms with Crippen molar-refractivity contribution in [3.63, 3.8) is 0 Å². The zero-order valence-corrected chi connectivity index (χ0v) is 12.6. The molecule has 6 nitrogen and oxygen atoms in total. The van der Waals surface area contributed by atoms with Crippen LogP contribution >= 0.6 is 11.6 Å². The number of hydrogen-bond donors (Lipinski definition) is 2. The Morgan fingerprint density at radius 1 is 1.52 bits per heavy atom. The van der Waals surface area contributed by atoms with Crippen LogP contribution in [0.2, 0.25) is 5.02 Å². The molecular formula is C14H17ClN4O2. The molecule has 1 atom stereocenters. The number of benzene rings is 1. The first-order valence-electron chi connectivity index (χ1n) is 6.58. The molecule has 1 aromatic carbocycles. The number of H-pyrrole nitrogens is 1. The summed E-state index contributed by atoms with van der Waals surface area (Å²) in [7, 11) is 0. The number of amides is 1. The van der Waals surface area contributed by atoms with E-state index >= 15 is 0 Å². The lowest BCUT2D eigenvalue weighted by molar-refractivity contribution is -0.119. The molecule has 2 N–H and O–H groups in total. The van der Waals surface area contributed by atoms with E-state index in [0.29, 0.717) is 28.8 Å². The predicted octanol–water partition coefficient (Wildman–Crippen LogP) is 2.10. The minimum atomic E-state index is -0.0671. The van der Waals surface area contributed by atoms with E-state index < -0.39 is 0 Å². The number of aromatic amines is 1. The highest BCUT2D eigenvalue weighted by Crippen LogP contribution is 2.17. The Hall–Kier alpha value is -2.08. The van der Waals surface area contributed by atoms with Gasteiger partial charge in [0.05, 0.1) is 0 Å². The molecule has 2 aromatic rings. The molecule has 0 fully saturated rings. The molecule has 21 heavy (non-hydrogen) atoms. The van der Waals surface area contributed by atoms with Crippen molar-refractivity contribution in [2.75, 3.05) is 0 Å². The fraction of sp³-hybridized carbons (Fsp3) is 0.357. The topological polar surface area (TPSA) is 79.9 Å². The van der Waals surface area contributed by atoms with E-state index in [-0.39, 0.29) is 18.6 Å². The highest BCUT2D eigenvalue weighted by molar-refractivity contribution is 6.30. The Labute approximate surface area is 127 Å². The molecule has 0 aliphatic heterocycles. The van der Waals surface area contributed by atoms with Gasteiger partial charge in [-0.05, 0) is 25.1 Å². The molecule has 112 valence electrons. The fourth-order valence-corrected chi connectivity index (χ4v) is 2.05. The second kappa shape index (κ2) is 7.08. The zero-order valence-electron chi connectivity index (χ0n) is 11.9. The molecule has 1 amide bonds. The SMILES string of the molecule is CC(=O)NC(C)Cc1n[nH]c(COc2cccc(Cl)c2)n1. The van der Waals surface area contributed by atoms with Gasteiger partial charge in [-0.3, -0.25) is 9.89 Å². The molecule has 0 spiro atoms. The third-order valence-electron chi connectivity index (χ3n) is 2.69. The van der Waals surface area contributed by atoms with E-state index in [1.165, 1.54) is 6.92 Å². The van der Waals surface area contributed by atoms with Crippen molar-refractivity contribution in [3.8, 4) is 5.75 Å². The van der Waals surface area contributed by atoms with E-state index in [0.717, 1.165) is 0 Å². The van der Waals surface area contributed by atoms with Crippen LogP contribution in [0.4, 0.5) is 0 Å². The first kappa shape index (κ1) is 15.3. The van der Waals surface area contributed by atoms with Gasteiger partial charge in [-0.25, -0.2) is 4.98 Å². The van der Waals surface area contributed by atoms with Crippen LogP contribution in [-0.4, -0.2) is 27.1 Å². The second-order valence-electron chi connectivity index (χ2n) is 4.75. The Morgan fingerprint density at radius 2 is 2.33 bits per heavy atom. The highest BCUT2D eigenvalue weighted by atomic mass is 35.5. The lowest BCUT2D eigenvalue weighted by Crippen LogP contribution is -2.32. The first-order valence-corrected chi connectivity index (χ1v) is 6.96. The van der Waals surface area contributed by atoms with E-state index in [9.17, 15) is 4.79 Å². The van der Waals surface area contributed by atoms with Crippen LogP contribution in [0.5, 0.6) is 5.75 Å². The summed E-state index contributed by atoms with van der Waals surface area (Å²) in [5.74, 6) is 1.87. The Morgan fingerprint density at radius 3 is 3.05 bits per heavy atom. The number of carbonyl (C=O) groups excluding carboxylic acids is 1. The third kappa shape index (κ3) is 5.07. The molecule has 0 bridgehead atoms. The van der Waals surface area contributed by atoms with Gasteiger partial charge < -0.3 is 10.1 Å². The molecule has 0 aliphatic carbocycles. The van der Waals surface area contributed by atoms with Crippen LogP contribution in [0.3, 0.4) is 0 Å². The summed E-state index contributed by atoms with van der Waals surface area (Å²) in [5, 5.41) is 10.3. The second-order valence-corrected chi connectivity index (χ2v) is 5.19. The average molecular weight is 309 g/mol. The largest absolute Gasteiger partial charge is 0.486 e. The monoisotopic (exact) mass is 308 g/mol. The van der Waals surface area contributed by atoms with Crippen LogP contribution in [0, 0.1) is 0 Å². The van der Waals surface area contributed by atoms with E-state index in [2.05, 4.69) is 20.5 Å². The van der Waals surface area contributed by atoms with Crippen LogP contribution in [0.25, 0.3) is 0 Å². The van der Waals surface area contributed by atoms with Gasteiger partial charge in [-0.15, -0.1) is 0 Å². The number of carbonyl (C=O) groups is 1. The van der Waals surface area contributed by atoms with Crippen LogP contribution in [-0.2, 0) is 17.8 Å². The summed E-state index contributed by atoms with van der Waals surface area (Å²) in [6.45, 7) is 3.67. The minimum absolute atomic E-state index is 0.0139. The van der Waals surface area contributed by atoms with Gasteiger partial charge in [-0.1, -0.05) is 17.7 Å². The van der Waals surface area contributed by atoms with Gasteiger partial charge >= 0.3 is 0 Å².